The lowest BCUT2D eigenvalue weighted by Gasteiger charge is -2.33. The Hall–Kier alpha value is -2.73. The van der Waals surface area contributed by atoms with Gasteiger partial charge in [0.1, 0.15) is 17.2 Å². The van der Waals surface area contributed by atoms with Gasteiger partial charge in [0.25, 0.3) is 0 Å². The monoisotopic (exact) mass is 384 g/mol. The fraction of sp³-hybridized carbons (Fsp3) is 0.409. The summed E-state index contributed by atoms with van der Waals surface area (Å²) in [5.41, 5.74) is 3.15. The molecule has 0 bridgehead atoms. The van der Waals surface area contributed by atoms with E-state index < -0.39 is 0 Å². The third-order valence-corrected chi connectivity index (χ3v) is 5.12. The molecule has 28 heavy (non-hydrogen) atoms. The van der Waals surface area contributed by atoms with E-state index in [1.165, 1.54) is 11.1 Å². The maximum Gasteiger partial charge on any atom is 0.241 e. The predicted octanol–water partition coefficient (Wildman–Crippen LogP) is 3.49. The number of hydrogen-bond acceptors (Lipinski definition) is 5. The molecule has 1 heterocycles. The van der Waals surface area contributed by atoms with Crippen molar-refractivity contribution in [1.82, 2.24) is 4.90 Å². The molecule has 0 radical (unpaired) electrons. The average Bonchev–Trinajstić information content (AvgIpc) is 2.72. The molecule has 2 aromatic rings. The van der Waals surface area contributed by atoms with Gasteiger partial charge in [0, 0.05) is 19.2 Å². The number of rotatable bonds is 7. The number of amides is 1. The second-order valence-electron chi connectivity index (χ2n) is 6.82. The van der Waals surface area contributed by atoms with Crippen LogP contribution in [-0.2, 0) is 17.8 Å². The topological polar surface area (TPSA) is 60.0 Å². The third-order valence-electron chi connectivity index (χ3n) is 5.12. The van der Waals surface area contributed by atoms with Crippen molar-refractivity contribution >= 4 is 11.6 Å². The summed E-state index contributed by atoms with van der Waals surface area (Å²) in [6.45, 7) is 6.11. The highest BCUT2D eigenvalue weighted by molar-refractivity contribution is 5.96. The highest BCUT2D eigenvalue weighted by Crippen LogP contribution is 2.30. The van der Waals surface area contributed by atoms with Crippen LogP contribution >= 0.6 is 0 Å². The molecule has 1 atom stereocenters. The highest BCUT2D eigenvalue weighted by Gasteiger charge is 2.26. The lowest BCUT2D eigenvalue weighted by Crippen LogP contribution is -2.44. The molecule has 0 aromatic heterocycles. The van der Waals surface area contributed by atoms with E-state index in [0.29, 0.717) is 23.8 Å². The van der Waals surface area contributed by atoms with Crippen molar-refractivity contribution in [2.24, 2.45) is 0 Å². The summed E-state index contributed by atoms with van der Waals surface area (Å²) in [5.74, 6) is 2.07. The number of fused-ring (bicyclic) bond motifs is 1. The van der Waals surface area contributed by atoms with Gasteiger partial charge < -0.3 is 19.5 Å². The minimum absolute atomic E-state index is 0.0732. The Morgan fingerprint density at radius 3 is 2.61 bits per heavy atom. The summed E-state index contributed by atoms with van der Waals surface area (Å²) in [7, 11) is 3.18. The molecular weight excluding hydrogens is 356 g/mol. The van der Waals surface area contributed by atoms with Gasteiger partial charge in [-0.2, -0.15) is 0 Å². The molecular formula is C22H28N2O4. The van der Waals surface area contributed by atoms with Crippen molar-refractivity contribution in [3.05, 3.63) is 47.5 Å². The Morgan fingerprint density at radius 2 is 1.89 bits per heavy atom. The molecule has 0 spiro atoms. The van der Waals surface area contributed by atoms with Crippen LogP contribution in [0.1, 0.15) is 25.0 Å². The summed E-state index contributed by atoms with van der Waals surface area (Å²) >= 11 is 0. The van der Waals surface area contributed by atoms with Crippen LogP contribution in [0, 0.1) is 0 Å². The number of methoxy groups -OCH3 is 2. The number of nitrogens with zero attached hydrogens (tertiary/aromatic N) is 1. The Labute approximate surface area is 166 Å². The van der Waals surface area contributed by atoms with Crippen LogP contribution in [0.4, 0.5) is 5.69 Å². The van der Waals surface area contributed by atoms with Gasteiger partial charge in [-0.25, -0.2) is 0 Å². The molecule has 6 heteroatoms. The van der Waals surface area contributed by atoms with Gasteiger partial charge in [0.05, 0.1) is 32.6 Å². The SMILES string of the molecule is CCOc1ccc2c(c1)CN(C(C)C(=O)Nc1cc(OC)ccc1OC)CC2. The first-order valence-electron chi connectivity index (χ1n) is 9.57. The summed E-state index contributed by atoms with van der Waals surface area (Å²) < 4.78 is 16.2. The Morgan fingerprint density at radius 1 is 1.11 bits per heavy atom. The first kappa shape index (κ1) is 20.0. The highest BCUT2D eigenvalue weighted by atomic mass is 16.5. The van der Waals surface area contributed by atoms with E-state index in [9.17, 15) is 4.79 Å². The molecule has 1 amide bonds. The second kappa shape index (κ2) is 8.97. The lowest BCUT2D eigenvalue weighted by atomic mass is 9.98. The second-order valence-corrected chi connectivity index (χ2v) is 6.82. The fourth-order valence-electron chi connectivity index (χ4n) is 3.46. The molecule has 0 aliphatic carbocycles. The summed E-state index contributed by atoms with van der Waals surface area (Å²) in [4.78, 5) is 15.1. The van der Waals surface area contributed by atoms with E-state index in [1.807, 2.05) is 19.9 Å². The minimum Gasteiger partial charge on any atom is -0.497 e. The first-order valence-corrected chi connectivity index (χ1v) is 9.57. The molecule has 0 fully saturated rings. The Kier molecular flexibility index (Phi) is 6.41. The number of hydrogen-bond donors (Lipinski definition) is 1. The van der Waals surface area contributed by atoms with Gasteiger partial charge in [-0.05, 0) is 55.7 Å². The van der Waals surface area contributed by atoms with Crippen molar-refractivity contribution in [1.29, 1.82) is 0 Å². The smallest absolute Gasteiger partial charge is 0.241 e. The molecule has 0 saturated carbocycles. The number of carbonyl (C=O) groups is 1. The number of anilines is 1. The van der Waals surface area contributed by atoms with Gasteiger partial charge in [-0.15, -0.1) is 0 Å². The first-order chi connectivity index (χ1) is 13.5. The predicted molar refractivity (Wildman–Crippen MR) is 109 cm³/mol. The molecule has 1 unspecified atom stereocenters. The van der Waals surface area contributed by atoms with Crippen molar-refractivity contribution in [2.45, 2.75) is 32.9 Å². The van der Waals surface area contributed by atoms with Crippen molar-refractivity contribution < 1.29 is 19.0 Å². The molecule has 2 aromatic carbocycles. The number of nitrogens with one attached hydrogen (secondary N) is 1. The summed E-state index contributed by atoms with van der Waals surface area (Å²) in [6.07, 6.45) is 0.918. The van der Waals surface area contributed by atoms with Crippen LogP contribution in [0.5, 0.6) is 17.2 Å². The quantitative estimate of drug-likeness (QED) is 0.792. The van der Waals surface area contributed by atoms with Gasteiger partial charge in [-0.1, -0.05) is 6.07 Å². The Balaban J connectivity index is 1.71. The van der Waals surface area contributed by atoms with Crippen LogP contribution in [0.3, 0.4) is 0 Å². The normalized spacial score (nSPS) is 14.7. The number of benzene rings is 2. The van der Waals surface area contributed by atoms with Gasteiger partial charge in [-0.3, -0.25) is 9.69 Å². The zero-order chi connectivity index (χ0) is 20.1. The molecule has 1 aliphatic heterocycles. The van der Waals surface area contributed by atoms with Crippen LogP contribution < -0.4 is 19.5 Å². The third kappa shape index (κ3) is 4.39. The van der Waals surface area contributed by atoms with Crippen molar-refractivity contribution in [3.63, 3.8) is 0 Å². The number of ether oxygens (including phenoxy) is 3. The van der Waals surface area contributed by atoms with E-state index in [1.54, 1.807) is 32.4 Å². The van der Waals surface area contributed by atoms with E-state index >= 15 is 0 Å². The molecule has 150 valence electrons. The standard InChI is InChI=1S/C22H28N2O4/c1-5-28-19-7-6-16-10-11-24(14-17(16)12-19)15(2)22(25)23-20-13-18(26-3)8-9-21(20)27-4/h6-9,12-13,15H,5,10-11,14H2,1-4H3,(H,23,25). The zero-order valence-corrected chi connectivity index (χ0v) is 17.0. The molecule has 1 aliphatic rings. The summed E-state index contributed by atoms with van der Waals surface area (Å²) in [5, 5.41) is 2.98. The van der Waals surface area contributed by atoms with E-state index in [4.69, 9.17) is 14.2 Å². The molecule has 6 nitrogen and oxygen atoms in total. The average molecular weight is 384 g/mol. The largest absolute Gasteiger partial charge is 0.497 e. The minimum atomic E-state index is -0.278. The molecule has 0 saturated heterocycles. The van der Waals surface area contributed by atoms with Crippen molar-refractivity contribution in [2.75, 3.05) is 32.7 Å². The van der Waals surface area contributed by atoms with Crippen LogP contribution in [0.15, 0.2) is 36.4 Å². The van der Waals surface area contributed by atoms with Gasteiger partial charge in [0.2, 0.25) is 5.91 Å². The molecule has 3 rings (SSSR count). The van der Waals surface area contributed by atoms with Crippen LogP contribution in [-0.4, -0.2) is 44.2 Å². The zero-order valence-electron chi connectivity index (χ0n) is 17.0. The molecule has 1 N–H and O–H groups in total. The van der Waals surface area contributed by atoms with Crippen LogP contribution in [0.25, 0.3) is 0 Å². The van der Waals surface area contributed by atoms with Gasteiger partial charge >= 0.3 is 0 Å². The van der Waals surface area contributed by atoms with E-state index in [2.05, 4.69) is 22.3 Å². The summed E-state index contributed by atoms with van der Waals surface area (Å²) in [6, 6.07) is 11.3. The maximum atomic E-state index is 12.9. The lowest BCUT2D eigenvalue weighted by molar-refractivity contribution is -0.121. The van der Waals surface area contributed by atoms with E-state index in [-0.39, 0.29) is 11.9 Å². The van der Waals surface area contributed by atoms with Crippen LogP contribution in [0.2, 0.25) is 0 Å². The Bertz CT molecular complexity index is 837. The fourth-order valence-corrected chi connectivity index (χ4v) is 3.46. The van der Waals surface area contributed by atoms with Gasteiger partial charge in [0.15, 0.2) is 0 Å². The number of carbonyl (C=O) groups excluding carboxylic acids is 1. The maximum absolute atomic E-state index is 12.9. The van der Waals surface area contributed by atoms with E-state index in [0.717, 1.165) is 25.3 Å². The van der Waals surface area contributed by atoms with Crippen molar-refractivity contribution in [3.8, 4) is 17.2 Å².